The van der Waals surface area contributed by atoms with Crippen molar-refractivity contribution >= 4 is 5.91 Å². The van der Waals surface area contributed by atoms with Crippen molar-refractivity contribution < 1.29 is 18.0 Å². The van der Waals surface area contributed by atoms with Crippen molar-refractivity contribution in [3.63, 3.8) is 0 Å². The van der Waals surface area contributed by atoms with Crippen LogP contribution in [0.15, 0.2) is 0 Å². The molecule has 2 aliphatic heterocycles. The van der Waals surface area contributed by atoms with Crippen LogP contribution in [-0.4, -0.2) is 43.2 Å². The van der Waals surface area contributed by atoms with E-state index in [0.717, 1.165) is 12.8 Å². The van der Waals surface area contributed by atoms with E-state index < -0.39 is 17.5 Å². The molecule has 1 unspecified atom stereocenters. The number of carbonyl (C=O) groups excluding carboxylic acids is 1. The van der Waals surface area contributed by atoms with Crippen molar-refractivity contribution in [3.8, 4) is 0 Å². The fourth-order valence-electron chi connectivity index (χ4n) is 2.46. The molecule has 0 bridgehead atoms. The highest BCUT2D eigenvalue weighted by molar-refractivity contribution is 5.84. The summed E-state index contributed by atoms with van der Waals surface area (Å²) in [6.45, 7) is 0.929. The van der Waals surface area contributed by atoms with Gasteiger partial charge >= 0.3 is 6.18 Å². The molecule has 2 heterocycles. The number of halogens is 3. The Labute approximate surface area is 92.0 Å². The monoisotopic (exact) mass is 236 g/mol. The number of likely N-dealkylation sites (tertiary alicyclic amines) is 1. The molecule has 0 aromatic rings. The van der Waals surface area contributed by atoms with Gasteiger partial charge in [0, 0.05) is 19.6 Å². The first-order valence-electron chi connectivity index (χ1n) is 5.54. The molecule has 1 amide bonds. The molecule has 0 radical (unpaired) electrons. The summed E-state index contributed by atoms with van der Waals surface area (Å²) in [5, 5.41) is 2.66. The average molecular weight is 236 g/mol. The maximum atomic E-state index is 13.0. The Kier molecular flexibility index (Phi) is 2.86. The highest BCUT2D eigenvalue weighted by atomic mass is 19.4. The molecule has 0 spiro atoms. The van der Waals surface area contributed by atoms with Crippen molar-refractivity contribution in [1.82, 2.24) is 10.2 Å². The number of carbonyl (C=O) groups is 1. The van der Waals surface area contributed by atoms with Gasteiger partial charge in [-0.1, -0.05) is 0 Å². The van der Waals surface area contributed by atoms with Gasteiger partial charge < -0.3 is 10.2 Å². The maximum absolute atomic E-state index is 13.0. The van der Waals surface area contributed by atoms with Crippen LogP contribution in [0.5, 0.6) is 0 Å². The molecule has 0 aromatic carbocycles. The molecule has 2 saturated heterocycles. The first-order chi connectivity index (χ1) is 7.47. The van der Waals surface area contributed by atoms with Crippen molar-refractivity contribution in [3.05, 3.63) is 0 Å². The fraction of sp³-hybridized carbons (Fsp3) is 0.900. The van der Waals surface area contributed by atoms with Gasteiger partial charge in [-0.2, -0.15) is 13.2 Å². The van der Waals surface area contributed by atoms with Gasteiger partial charge in [0.15, 0.2) is 5.41 Å². The topological polar surface area (TPSA) is 32.3 Å². The molecular weight excluding hydrogens is 221 g/mol. The Balaban J connectivity index is 2.22. The van der Waals surface area contributed by atoms with E-state index in [4.69, 9.17) is 0 Å². The number of hydrogen-bond donors (Lipinski definition) is 1. The average Bonchev–Trinajstić information content (AvgIpc) is 2.88. The number of nitrogens with zero attached hydrogens (tertiary/aromatic N) is 1. The summed E-state index contributed by atoms with van der Waals surface area (Å²) >= 11 is 0. The Morgan fingerprint density at radius 3 is 2.31 bits per heavy atom. The molecule has 2 fully saturated rings. The zero-order valence-corrected chi connectivity index (χ0v) is 8.94. The molecule has 2 aliphatic rings. The minimum Gasteiger partial charge on any atom is -0.342 e. The molecule has 0 saturated carbocycles. The number of alkyl halides is 3. The van der Waals surface area contributed by atoms with Gasteiger partial charge in [0.2, 0.25) is 5.91 Å². The van der Waals surface area contributed by atoms with Crippen LogP contribution >= 0.6 is 0 Å². The van der Waals surface area contributed by atoms with Gasteiger partial charge in [-0.3, -0.25) is 4.79 Å². The number of nitrogens with one attached hydrogen (secondary N) is 1. The number of amides is 1. The van der Waals surface area contributed by atoms with Crippen molar-refractivity contribution in [2.75, 3.05) is 26.2 Å². The Bertz CT molecular complexity index is 278. The molecule has 1 N–H and O–H groups in total. The first-order valence-corrected chi connectivity index (χ1v) is 5.54. The minimum atomic E-state index is -4.45. The molecule has 0 aromatic heterocycles. The second-order valence-electron chi connectivity index (χ2n) is 4.51. The lowest BCUT2D eigenvalue weighted by Gasteiger charge is -2.33. The van der Waals surface area contributed by atoms with Crippen LogP contribution in [-0.2, 0) is 4.79 Å². The van der Waals surface area contributed by atoms with Crippen LogP contribution < -0.4 is 5.32 Å². The normalized spacial score (nSPS) is 31.1. The summed E-state index contributed by atoms with van der Waals surface area (Å²) in [6, 6.07) is 0. The summed E-state index contributed by atoms with van der Waals surface area (Å²) in [7, 11) is 0. The quantitative estimate of drug-likeness (QED) is 0.740. The first kappa shape index (κ1) is 11.7. The van der Waals surface area contributed by atoms with E-state index in [9.17, 15) is 18.0 Å². The van der Waals surface area contributed by atoms with Gasteiger partial charge in [0.25, 0.3) is 0 Å². The van der Waals surface area contributed by atoms with Crippen LogP contribution in [0.1, 0.15) is 19.3 Å². The molecular formula is C10H15F3N2O. The third-order valence-corrected chi connectivity index (χ3v) is 3.50. The Hall–Kier alpha value is -0.780. The van der Waals surface area contributed by atoms with Gasteiger partial charge in [-0.25, -0.2) is 0 Å². The zero-order chi connectivity index (χ0) is 11.8. The van der Waals surface area contributed by atoms with Crippen molar-refractivity contribution in [1.29, 1.82) is 0 Å². The second-order valence-corrected chi connectivity index (χ2v) is 4.51. The standard InChI is InChI=1S/C10H15F3N2O/c11-10(12,13)9(3-4-14-7-9)8(16)15-5-1-2-6-15/h14H,1-7H2. The predicted molar refractivity (Wildman–Crippen MR) is 51.8 cm³/mol. The molecule has 2 rings (SSSR count). The van der Waals surface area contributed by atoms with E-state index in [0.29, 0.717) is 13.1 Å². The van der Waals surface area contributed by atoms with E-state index in [1.807, 2.05) is 0 Å². The molecule has 6 heteroatoms. The van der Waals surface area contributed by atoms with Crippen molar-refractivity contribution in [2.24, 2.45) is 5.41 Å². The minimum absolute atomic E-state index is 0.133. The summed E-state index contributed by atoms with van der Waals surface area (Å²) in [5.41, 5.74) is -2.17. The molecule has 92 valence electrons. The maximum Gasteiger partial charge on any atom is 0.404 e. The van der Waals surface area contributed by atoms with Crippen LogP contribution in [0.4, 0.5) is 13.2 Å². The summed E-state index contributed by atoms with van der Waals surface area (Å²) in [6.07, 6.45) is -2.96. The van der Waals surface area contributed by atoms with E-state index in [-0.39, 0.29) is 19.5 Å². The highest BCUT2D eigenvalue weighted by Crippen LogP contribution is 2.44. The fourth-order valence-corrected chi connectivity index (χ4v) is 2.46. The molecule has 3 nitrogen and oxygen atoms in total. The van der Waals surface area contributed by atoms with E-state index in [2.05, 4.69) is 5.32 Å². The highest BCUT2D eigenvalue weighted by Gasteiger charge is 2.62. The van der Waals surface area contributed by atoms with E-state index in [1.54, 1.807) is 0 Å². The second kappa shape index (κ2) is 3.91. The van der Waals surface area contributed by atoms with E-state index >= 15 is 0 Å². The lowest BCUT2D eigenvalue weighted by Crippen LogP contribution is -2.52. The summed E-state index contributed by atoms with van der Waals surface area (Å²) in [5.74, 6) is -0.734. The predicted octanol–water partition coefficient (Wildman–Crippen LogP) is 1.15. The van der Waals surface area contributed by atoms with Crippen molar-refractivity contribution in [2.45, 2.75) is 25.4 Å². The van der Waals surface area contributed by atoms with Crippen LogP contribution in [0.25, 0.3) is 0 Å². The summed E-state index contributed by atoms with van der Waals surface area (Å²) < 4.78 is 39.1. The summed E-state index contributed by atoms with van der Waals surface area (Å²) in [4.78, 5) is 13.3. The molecule has 0 aliphatic carbocycles. The lowest BCUT2D eigenvalue weighted by atomic mass is 9.84. The third-order valence-electron chi connectivity index (χ3n) is 3.50. The van der Waals surface area contributed by atoms with Crippen LogP contribution in [0, 0.1) is 5.41 Å². The van der Waals surface area contributed by atoms with Gasteiger partial charge in [0.05, 0.1) is 0 Å². The smallest absolute Gasteiger partial charge is 0.342 e. The van der Waals surface area contributed by atoms with Gasteiger partial charge in [-0.05, 0) is 25.8 Å². The Morgan fingerprint density at radius 2 is 1.88 bits per heavy atom. The molecule has 16 heavy (non-hydrogen) atoms. The third kappa shape index (κ3) is 1.69. The van der Waals surface area contributed by atoms with Crippen LogP contribution in [0.3, 0.4) is 0 Å². The Morgan fingerprint density at radius 1 is 1.25 bits per heavy atom. The van der Waals surface area contributed by atoms with Gasteiger partial charge in [0.1, 0.15) is 0 Å². The van der Waals surface area contributed by atoms with Crippen LogP contribution in [0.2, 0.25) is 0 Å². The molecule has 1 atom stereocenters. The SMILES string of the molecule is O=C(N1CCCC1)C1(C(F)(F)F)CCNC1. The van der Waals surface area contributed by atoms with E-state index in [1.165, 1.54) is 4.90 Å². The zero-order valence-electron chi connectivity index (χ0n) is 8.94. The lowest BCUT2D eigenvalue weighted by molar-refractivity contribution is -0.221. The number of rotatable bonds is 1. The number of hydrogen-bond acceptors (Lipinski definition) is 2. The largest absolute Gasteiger partial charge is 0.404 e. The van der Waals surface area contributed by atoms with Gasteiger partial charge in [-0.15, -0.1) is 0 Å².